The van der Waals surface area contributed by atoms with Gasteiger partial charge in [0.25, 0.3) is 5.69 Å². The Bertz CT molecular complexity index is 1210. The third-order valence-electron chi connectivity index (χ3n) is 9.36. The van der Waals surface area contributed by atoms with Crippen molar-refractivity contribution in [3.05, 3.63) is 58.1 Å². The van der Waals surface area contributed by atoms with Crippen LogP contribution in [0.25, 0.3) is 0 Å². The number of benzene rings is 2. The number of hydrogen-bond acceptors (Lipinski definition) is 7. The molecular weight excluding hydrogens is 508 g/mol. The van der Waals surface area contributed by atoms with Crippen LogP contribution in [0.2, 0.25) is 0 Å². The molecule has 4 aliphatic rings. The van der Waals surface area contributed by atoms with E-state index in [0.717, 1.165) is 56.3 Å². The van der Waals surface area contributed by atoms with Crippen LogP contribution in [-0.4, -0.2) is 73.2 Å². The van der Waals surface area contributed by atoms with E-state index in [1.165, 1.54) is 31.2 Å². The highest BCUT2D eigenvalue weighted by Gasteiger charge is 2.43. The highest BCUT2D eigenvalue weighted by atomic mass is 16.7. The van der Waals surface area contributed by atoms with Crippen molar-refractivity contribution in [2.24, 2.45) is 23.7 Å². The summed E-state index contributed by atoms with van der Waals surface area (Å²) in [7, 11) is 0. The van der Waals surface area contributed by atoms with E-state index in [1.54, 1.807) is 12.1 Å². The van der Waals surface area contributed by atoms with E-state index in [9.17, 15) is 14.9 Å². The van der Waals surface area contributed by atoms with Gasteiger partial charge in [0.05, 0.1) is 10.8 Å². The lowest BCUT2D eigenvalue weighted by Gasteiger charge is -2.48. The maximum absolute atomic E-state index is 14.0. The number of amides is 1. The lowest BCUT2D eigenvalue weighted by atomic mass is 9.69. The van der Waals surface area contributed by atoms with Crippen molar-refractivity contribution in [3.63, 3.8) is 0 Å². The summed E-state index contributed by atoms with van der Waals surface area (Å²) in [5.74, 6) is 3.64. The standard InChI is InChI=1S/C31H40N4O5/c1-22(16-23-6-11-29-30(17-23)40-21-39-29)18-32-19-24-4-2-3-5-27(24)28(20-32)31(36)34-14-12-33(13-15-34)25-7-9-26(10-8-25)35(37)38/h6-11,17,22,24,27-28H,2-5,12-16,18-21H2,1H3/t22?,24-,27-,28+/m1/s1. The molecule has 1 amide bonds. The lowest BCUT2D eigenvalue weighted by molar-refractivity contribution is -0.384. The fourth-order valence-corrected chi connectivity index (χ4v) is 7.40. The number of rotatable bonds is 7. The number of likely N-dealkylation sites (tertiary alicyclic amines) is 1. The van der Waals surface area contributed by atoms with Gasteiger partial charge in [-0.1, -0.05) is 25.8 Å². The number of piperidine rings is 1. The molecule has 0 spiro atoms. The average molecular weight is 549 g/mol. The van der Waals surface area contributed by atoms with Gasteiger partial charge in [0.2, 0.25) is 12.7 Å². The Hall–Kier alpha value is -3.33. The number of nitro benzene ring substituents is 1. The molecule has 1 unspecified atom stereocenters. The van der Waals surface area contributed by atoms with Crippen LogP contribution in [0, 0.1) is 33.8 Å². The molecule has 3 fully saturated rings. The number of non-ortho nitro benzene ring substituents is 1. The second kappa shape index (κ2) is 11.6. The second-order valence-electron chi connectivity index (χ2n) is 12.1. The van der Waals surface area contributed by atoms with Crippen molar-refractivity contribution in [2.75, 3.05) is 57.5 Å². The van der Waals surface area contributed by atoms with E-state index in [4.69, 9.17) is 9.47 Å². The molecule has 0 bridgehead atoms. The third kappa shape index (κ3) is 5.75. The zero-order valence-corrected chi connectivity index (χ0v) is 23.4. The smallest absolute Gasteiger partial charge is 0.269 e. The molecule has 9 nitrogen and oxygen atoms in total. The number of fused-ring (bicyclic) bond motifs is 2. The molecule has 214 valence electrons. The molecule has 2 aromatic carbocycles. The largest absolute Gasteiger partial charge is 0.454 e. The molecule has 0 N–H and O–H groups in total. The summed E-state index contributed by atoms with van der Waals surface area (Å²) in [6.07, 6.45) is 5.89. The third-order valence-corrected chi connectivity index (χ3v) is 9.36. The summed E-state index contributed by atoms with van der Waals surface area (Å²) >= 11 is 0. The van der Waals surface area contributed by atoms with Crippen LogP contribution >= 0.6 is 0 Å². The highest BCUT2D eigenvalue weighted by molar-refractivity contribution is 5.80. The summed E-state index contributed by atoms with van der Waals surface area (Å²) in [4.78, 5) is 31.5. The summed E-state index contributed by atoms with van der Waals surface area (Å²) in [5.41, 5.74) is 2.35. The second-order valence-corrected chi connectivity index (χ2v) is 12.1. The van der Waals surface area contributed by atoms with Crippen LogP contribution in [0.1, 0.15) is 38.2 Å². The molecule has 6 rings (SSSR count). The van der Waals surface area contributed by atoms with E-state index < -0.39 is 0 Å². The molecule has 40 heavy (non-hydrogen) atoms. The number of nitrogens with zero attached hydrogens (tertiary/aromatic N) is 4. The molecule has 0 radical (unpaired) electrons. The molecular formula is C31H40N4O5. The van der Waals surface area contributed by atoms with Crippen LogP contribution < -0.4 is 14.4 Å². The molecule has 4 atom stereocenters. The van der Waals surface area contributed by atoms with Gasteiger partial charge < -0.3 is 24.2 Å². The fourth-order valence-electron chi connectivity index (χ4n) is 7.40. The average Bonchev–Trinajstić information content (AvgIpc) is 3.44. The number of nitro groups is 1. The van der Waals surface area contributed by atoms with E-state index in [-0.39, 0.29) is 16.5 Å². The first-order valence-corrected chi connectivity index (χ1v) is 14.8. The molecule has 0 aromatic heterocycles. The Morgan fingerprint density at radius 2 is 1.75 bits per heavy atom. The van der Waals surface area contributed by atoms with Gasteiger partial charge in [-0.25, -0.2) is 0 Å². The van der Waals surface area contributed by atoms with Gasteiger partial charge in [-0.05, 0) is 66.8 Å². The minimum atomic E-state index is -0.371. The molecule has 1 saturated carbocycles. The van der Waals surface area contributed by atoms with Crippen molar-refractivity contribution in [1.29, 1.82) is 0 Å². The normalized spacial score (nSPS) is 25.4. The molecule has 1 aliphatic carbocycles. The number of carbonyl (C=O) groups is 1. The van der Waals surface area contributed by atoms with Crippen LogP contribution in [-0.2, 0) is 11.2 Å². The Balaban J connectivity index is 1.07. The molecule has 2 saturated heterocycles. The molecule has 3 heterocycles. The minimum absolute atomic E-state index is 0.0720. The van der Waals surface area contributed by atoms with E-state index in [1.807, 2.05) is 18.2 Å². The first-order valence-electron chi connectivity index (χ1n) is 14.8. The summed E-state index contributed by atoms with van der Waals surface area (Å²) in [6, 6.07) is 13.0. The van der Waals surface area contributed by atoms with E-state index in [0.29, 0.717) is 43.5 Å². The van der Waals surface area contributed by atoms with Crippen molar-refractivity contribution >= 4 is 17.3 Å². The Labute approximate surface area is 236 Å². The molecule has 2 aromatic rings. The van der Waals surface area contributed by atoms with E-state index >= 15 is 0 Å². The fraction of sp³-hybridized carbons (Fsp3) is 0.581. The summed E-state index contributed by atoms with van der Waals surface area (Å²) < 4.78 is 11.0. The quantitative estimate of drug-likeness (QED) is 0.369. The van der Waals surface area contributed by atoms with Gasteiger partial charge in [0.15, 0.2) is 11.5 Å². The maximum atomic E-state index is 14.0. The van der Waals surface area contributed by atoms with Gasteiger partial charge in [0, 0.05) is 63.6 Å². The SMILES string of the molecule is CC(Cc1ccc2c(c1)OCO2)CN1C[C@H]2CCCC[C@H]2[C@@H](C(=O)N2CCN(c3ccc([N+](=O)[O-])cc3)CC2)C1. The topological polar surface area (TPSA) is 88.4 Å². The van der Waals surface area contributed by atoms with Crippen molar-refractivity contribution in [1.82, 2.24) is 9.80 Å². The van der Waals surface area contributed by atoms with Crippen LogP contribution in [0.5, 0.6) is 11.5 Å². The van der Waals surface area contributed by atoms with Crippen molar-refractivity contribution < 1.29 is 19.2 Å². The number of carbonyl (C=O) groups excluding carboxylic acids is 1. The molecule has 3 aliphatic heterocycles. The van der Waals surface area contributed by atoms with Gasteiger partial charge in [-0.3, -0.25) is 14.9 Å². The Morgan fingerprint density at radius 1 is 1.00 bits per heavy atom. The Morgan fingerprint density at radius 3 is 2.52 bits per heavy atom. The van der Waals surface area contributed by atoms with Gasteiger partial charge in [-0.2, -0.15) is 0 Å². The minimum Gasteiger partial charge on any atom is -0.454 e. The van der Waals surface area contributed by atoms with Crippen molar-refractivity contribution in [3.8, 4) is 11.5 Å². The predicted molar refractivity (Wildman–Crippen MR) is 153 cm³/mol. The van der Waals surface area contributed by atoms with Gasteiger partial charge in [0.1, 0.15) is 0 Å². The number of anilines is 1. The first-order chi connectivity index (χ1) is 19.4. The van der Waals surface area contributed by atoms with Gasteiger partial charge >= 0.3 is 0 Å². The summed E-state index contributed by atoms with van der Waals surface area (Å²) in [6.45, 7) is 8.46. The predicted octanol–water partition coefficient (Wildman–Crippen LogP) is 4.59. The van der Waals surface area contributed by atoms with Crippen LogP contribution in [0.3, 0.4) is 0 Å². The van der Waals surface area contributed by atoms with Gasteiger partial charge in [-0.15, -0.1) is 0 Å². The maximum Gasteiger partial charge on any atom is 0.269 e. The Kier molecular flexibility index (Phi) is 7.82. The number of hydrogen-bond donors (Lipinski definition) is 0. The number of piperazine rings is 1. The zero-order chi connectivity index (χ0) is 27.6. The molecule has 9 heteroatoms. The van der Waals surface area contributed by atoms with Crippen LogP contribution in [0.15, 0.2) is 42.5 Å². The van der Waals surface area contributed by atoms with E-state index in [2.05, 4.69) is 33.8 Å². The van der Waals surface area contributed by atoms with Crippen LogP contribution in [0.4, 0.5) is 11.4 Å². The summed E-state index contributed by atoms with van der Waals surface area (Å²) in [5, 5.41) is 11.0. The zero-order valence-electron chi connectivity index (χ0n) is 23.4. The number of ether oxygens (including phenoxy) is 2. The van der Waals surface area contributed by atoms with Crippen molar-refractivity contribution in [2.45, 2.75) is 39.0 Å². The monoisotopic (exact) mass is 548 g/mol. The highest BCUT2D eigenvalue weighted by Crippen LogP contribution is 2.41. The lowest BCUT2D eigenvalue weighted by Crippen LogP contribution is -2.57. The first kappa shape index (κ1) is 26.9.